The number of hydrogen-bond acceptors (Lipinski definition) is 2. The molecule has 0 aliphatic rings. The summed E-state index contributed by atoms with van der Waals surface area (Å²) in [6.07, 6.45) is 0. The molecule has 6 nitrogen and oxygen atoms in total. The summed E-state index contributed by atoms with van der Waals surface area (Å²) in [4.78, 5) is 7.97. The van der Waals surface area contributed by atoms with Crippen LogP contribution in [0.1, 0.15) is 11.1 Å². The van der Waals surface area contributed by atoms with Gasteiger partial charge < -0.3 is 9.13 Å². The van der Waals surface area contributed by atoms with Gasteiger partial charge in [-0.3, -0.25) is 0 Å². The van der Waals surface area contributed by atoms with Crippen molar-refractivity contribution in [3.8, 4) is 34.6 Å². The van der Waals surface area contributed by atoms with E-state index in [-0.39, 0.29) is 0 Å². The van der Waals surface area contributed by atoms with Crippen LogP contribution >= 0.6 is 0 Å². The Kier molecular flexibility index (Phi) is 5.91. The van der Waals surface area contributed by atoms with Crippen LogP contribution in [0, 0.1) is 35.8 Å². The molecule has 8 aromatic rings. The molecule has 6 heteroatoms. The van der Waals surface area contributed by atoms with Crippen molar-refractivity contribution in [3.05, 3.63) is 155 Å². The van der Waals surface area contributed by atoms with Crippen LogP contribution in [0.5, 0.6) is 0 Å². The van der Waals surface area contributed by atoms with Crippen LogP contribution in [0.3, 0.4) is 0 Å². The number of rotatable bonds is 3. The Morgan fingerprint density at radius 3 is 1.85 bits per heavy atom. The average Bonchev–Trinajstić information content (AvgIpc) is 3.62. The van der Waals surface area contributed by atoms with Crippen molar-refractivity contribution in [2.24, 2.45) is 0 Å². The molecule has 0 saturated heterocycles. The molecule has 6 aromatic carbocycles. The molecule has 0 spiro atoms. The van der Waals surface area contributed by atoms with Gasteiger partial charge in [0.25, 0.3) is 0 Å². The fourth-order valence-electron chi connectivity index (χ4n) is 6.64. The highest BCUT2D eigenvalue weighted by Crippen LogP contribution is 2.46. The normalized spacial score (nSPS) is 11.0. The van der Waals surface area contributed by atoms with E-state index in [9.17, 15) is 10.5 Å². The van der Waals surface area contributed by atoms with Gasteiger partial charge in [-0.15, -0.1) is 0 Å². The third-order valence-corrected chi connectivity index (χ3v) is 8.60. The van der Waals surface area contributed by atoms with Crippen molar-refractivity contribution in [1.82, 2.24) is 9.13 Å². The average molecular weight is 585 g/mol. The lowest BCUT2D eigenvalue weighted by atomic mass is 9.99. The Bertz CT molecular complexity index is 2750. The molecule has 46 heavy (non-hydrogen) atoms. The molecular formula is C40H20N6. The highest BCUT2D eigenvalue weighted by Gasteiger charge is 2.24. The van der Waals surface area contributed by atoms with Gasteiger partial charge in [0, 0.05) is 27.1 Å². The van der Waals surface area contributed by atoms with Gasteiger partial charge >= 0.3 is 0 Å². The van der Waals surface area contributed by atoms with Crippen molar-refractivity contribution in [2.45, 2.75) is 0 Å². The predicted molar refractivity (Wildman–Crippen MR) is 183 cm³/mol. The van der Waals surface area contributed by atoms with Crippen molar-refractivity contribution >= 4 is 55.0 Å². The molecule has 2 aromatic heterocycles. The Morgan fingerprint density at radius 2 is 1.15 bits per heavy atom. The van der Waals surface area contributed by atoms with Crippen molar-refractivity contribution < 1.29 is 0 Å². The summed E-state index contributed by atoms with van der Waals surface area (Å²) < 4.78 is 4.15. The second kappa shape index (κ2) is 10.3. The molecule has 0 aliphatic carbocycles. The smallest absolute Gasteiger partial charge is 0.234 e. The third kappa shape index (κ3) is 3.79. The highest BCUT2D eigenvalue weighted by molar-refractivity contribution is 6.13. The van der Waals surface area contributed by atoms with Crippen LogP contribution in [-0.4, -0.2) is 9.13 Å². The minimum atomic E-state index is 0.403. The lowest BCUT2D eigenvalue weighted by Crippen LogP contribution is -2.02. The van der Waals surface area contributed by atoms with E-state index in [1.54, 1.807) is 6.07 Å². The molecular weight excluding hydrogens is 564 g/mol. The molecule has 0 saturated carbocycles. The quantitative estimate of drug-likeness (QED) is 0.194. The first-order chi connectivity index (χ1) is 22.6. The summed E-state index contributed by atoms with van der Waals surface area (Å²) in [5.74, 6) is 0. The van der Waals surface area contributed by atoms with Crippen LogP contribution in [0.15, 0.2) is 121 Å². The molecule has 0 atom stereocenters. The van der Waals surface area contributed by atoms with Crippen LogP contribution in [0.2, 0.25) is 0 Å². The van der Waals surface area contributed by atoms with Gasteiger partial charge in [0.1, 0.15) is 0 Å². The van der Waals surface area contributed by atoms with E-state index < -0.39 is 0 Å². The minimum absolute atomic E-state index is 0.403. The van der Waals surface area contributed by atoms with E-state index in [0.29, 0.717) is 33.9 Å². The first-order valence-corrected chi connectivity index (χ1v) is 14.5. The number of benzene rings is 6. The molecule has 8 rings (SSSR count). The monoisotopic (exact) mass is 584 g/mol. The summed E-state index contributed by atoms with van der Waals surface area (Å²) in [6, 6.07) is 43.3. The van der Waals surface area contributed by atoms with Gasteiger partial charge in [-0.2, -0.15) is 10.5 Å². The second-order valence-electron chi connectivity index (χ2n) is 11.0. The zero-order valence-corrected chi connectivity index (χ0v) is 24.2. The fourth-order valence-corrected chi connectivity index (χ4v) is 6.64. The van der Waals surface area contributed by atoms with Crippen LogP contribution in [0.4, 0.5) is 11.4 Å². The Labute approximate surface area is 264 Å². The zero-order valence-electron chi connectivity index (χ0n) is 24.2. The first-order valence-electron chi connectivity index (χ1n) is 14.5. The maximum absolute atomic E-state index is 9.80. The fraction of sp³-hybridized carbons (Fsp3) is 0. The molecule has 0 fully saturated rings. The number of nitrogens with zero attached hydrogens (tertiary/aromatic N) is 6. The van der Waals surface area contributed by atoms with E-state index in [0.717, 1.165) is 54.7 Å². The molecule has 210 valence electrons. The topological polar surface area (TPSA) is 66.2 Å². The summed E-state index contributed by atoms with van der Waals surface area (Å²) in [7, 11) is 0. The number of nitriles is 2. The molecule has 0 radical (unpaired) electrons. The standard InChI is InChI=1S/C40H20N6/c1-43-28-15-17-33-31-11-4-6-13-35(31)46(38(33)22-28)40-29(27-9-7-8-25(20-27)23-41)18-19-36(39(40)44-2)45-34-12-5-3-10-30(34)32-16-14-26(24-42)21-37(32)45/h3-22H. The number of aromatic nitrogens is 2. The largest absolute Gasteiger partial charge is 0.320 e. The Balaban J connectivity index is 1.59. The SMILES string of the molecule is [C-]#[N+]c1ccc2c3ccccc3n(-c3c(-c4cccc(C#N)c4)ccc(-n4c5ccccc5c5ccc(C#N)cc54)c3[N+]#[C-])c2c1. The zero-order chi connectivity index (χ0) is 31.4. The van der Waals surface area contributed by atoms with Crippen molar-refractivity contribution in [1.29, 1.82) is 10.5 Å². The molecule has 0 bridgehead atoms. The van der Waals surface area contributed by atoms with E-state index in [1.165, 1.54) is 0 Å². The number of para-hydroxylation sites is 2. The van der Waals surface area contributed by atoms with Crippen LogP contribution < -0.4 is 0 Å². The van der Waals surface area contributed by atoms with Gasteiger partial charge in [0.2, 0.25) is 5.69 Å². The van der Waals surface area contributed by atoms with Crippen LogP contribution in [0.25, 0.3) is 75.8 Å². The summed E-state index contributed by atoms with van der Waals surface area (Å²) in [5, 5.41) is 23.5. The summed E-state index contributed by atoms with van der Waals surface area (Å²) in [6.45, 7) is 16.5. The summed E-state index contributed by atoms with van der Waals surface area (Å²) >= 11 is 0. The molecule has 0 unspecified atom stereocenters. The van der Waals surface area contributed by atoms with Gasteiger partial charge in [-0.1, -0.05) is 72.8 Å². The van der Waals surface area contributed by atoms with Crippen molar-refractivity contribution in [3.63, 3.8) is 0 Å². The van der Waals surface area contributed by atoms with E-state index >= 15 is 0 Å². The molecule has 0 N–H and O–H groups in total. The van der Waals surface area contributed by atoms with E-state index in [4.69, 9.17) is 13.1 Å². The van der Waals surface area contributed by atoms with Crippen LogP contribution in [-0.2, 0) is 0 Å². The predicted octanol–water partition coefficient (Wildman–Crippen LogP) is 10.4. The van der Waals surface area contributed by atoms with E-state index in [2.05, 4.69) is 43.1 Å². The molecule has 2 heterocycles. The van der Waals surface area contributed by atoms with E-state index in [1.807, 2.05) is 103 Å². The second-order valence-corrected chi connectivity index (χ2v) is 11.0. The third-order valence-electron chi connectivity index (χ3n) is 8.60. The number of fused-ring (bicyclic) bond motifs is 6. The molecule has 0 aliphatic heterocycles. The van der Waals surface area contributed by atoms with Gasteiger partial charge in [-0.25, -0.2) is 9.69 Å². The lowest BCUT2D eigenvalue weighted by molar-refractivity contribution is 1.14. The molecule has 0 amide bonds. The van der Waals surface area contributed by atoms with Gasteiger partial charge in [0.15, 0.2) is 5.69 Å². The number of hydrogen-bond donors (Lipinski definition) is 0. The maximum Gasteiger partial charge on any atom is 0.234 e. The summed E-state index contributed by atoms with van der Waals surface area (Å²) in [5.41, 5.74) is 8.29. The van der Waals surface area contributed by atoms with Gasteiger partial charge in [0.05, 0.1) is 64.3 Å². The van der Waals surface area contributed by atoms with Crippen molar-refractivity contribution in [2.75, 3.05) is 0 Å². The minimum Gasteiger partial charge on any atom is -0.320 e. The Hall–Kier alpha value is -7.12. The van der Waals surface area contributed by atoms with Gasteiger partial charge in [-0.05, 0) is 59.7 Å². The highest BCUT2D eigenvalue weighted by atomic mass is 15.1. The Morgan fingerprint density at radius 1 is 0.522 bits per heavy atom. The first kappa shape index (κ1) is 26.5. The lowest BCUT2D eigenvalue weighted by Gasteiger charge is -2.20. The maximum atomic E-state index is 9.80.